The summed E-state index contributed by atoms with van der Waals surface area (Å²) in [5.74, 6) is 0.826. The van der Waals surface area contributed by atoms with Crippen molar-refractivity contribution in [3.05, 3.63) is 71.4 Å². The molecule has 166 valence electrons. The van der Waals surface area contributed by atoms with Crippen LogP contribution < -0.4 is 10.6 Å². The minimum atomic E-state index is 0. The van der Waals surface area contributed by atoms with Crippen molar-refractivity contribution < 1.29 is 4.74 Å². The Kier molecular flexibility index (Phi) is 9.17. The molecule has 1 aromatic heterocycles. The average molecular weight is 533 g/mol. The first-order chi connectivity index (χ1) is 14.8. The second kappa shape index (κ2) is 12.1. The van der Waals surface area contributed by atoms with E-state index in [4.69, 9.17) is 4.74 Å². The lowest BCUT2D eigenvalue weighted by Gasteiger charge is -2.26. The highest BCUT2D eigenvalue weighted by Crippen LogP contribution is 2.17. The number of halogens is 1. The zero-order chi connectivity index (χ0) is 20.6. The minimum absolute atomic E-state index is 0. The Hall–Kier alpha value is -2.10. The number of fused-ring (bicyclic) bond motifs is 1. The number of benzene rings is 2. The number of ether oxygens (including phenoxy) is 1. The van der Waals surface area contributed by atoms with Crippen LogP contribution in [0.1, 0.15) is 16.7 Å². The third kappa shape index (κ3) is 6.69. The van der Waals surface area contributed by atoms with E-state index in [0.717, 1.165) is 58.3 Å². The number of morpholine rings is 1. The van der Waals surface area contributed by atoms with Crippen molar-refractivity contribution in [2.45, 2.75) is 19.5 Å². The van der Waals surface area contributed by atoms with Gasteiger partial charge in [0, 0.05) is 56.9 Å². The van der Waals surface area contributed by atoms with Gasteiger partial charge in [-0.25, -0.2) is 0 Å². The molecule has 3 N–H and O–H groups in total. The maximum atomic E-state index is 5.42. The largest absolute Gasteiger partial charge is 0.379 e. The van der Waals surface area contributed by atoms with E-state index in [1.807, 2.05) is 7.05 Å². The van der Waals surface area contributed by atoms with Crippen molar-refractivity contribution >= 4 is 40.8 Å². The van der Waals surface area contributed by atoms with Gasteiger partial charge in [0.05, 0.1) is 13.2 Å². The zero-order valence-corrected chi connectivity index (χ0v) is 20.4. The Morgan fingerprint density at radius 3 is 2.55 bits per heavy atom. The predicted octanol–water partition coefficient (Wildman–Crippen LogP) is 3.53. The van der Waals surface area contributed by atoms with Crippen LogP contribution >= 0.6 is 24.0 Å². The van der Waals surface area contributed by atoms with Crippen molar-refractivity contribution in [2.24, 2.45) is 4.99 Å². The van der Waals surface area contributed by atoms with Crippen LogP contribution in [0.15, 0.2) is 59.7 Å². The number of aromatic amines is 1. The second-order valence-electron chi connectivity index (χ2n) is 7.67. The summed E-state index contributed by atoms with van der Waals surface area (Å²) in [5, 5.41) is 8.11. The fourth-order valence-corrected chi connectivity index (χ4v) is 3.84. The Morgan fingerprint density at radius 2 is 1.77 bits per heavy atom. The fraction of sp³-hybridized carbons (Fsp3) is 0.375. The van der Waals surface area contributed by atoms with Crippen molar-refractivity contribution in [3.63, 3.8) is 0 Å². The summed E-state index contributed by atoms with van der Waals surface area (Å²) in [5.41, 5.74) is 5.11. The molecule has 0 amide bonds. The average Bonchev–Trinajstić information content (AvgIpc) is 3.21. The molecule has 0 atom stereocenters. The highest BCUT2D eigenvalue weighted by molar-refractivity contribution is 14.0. The number of nitrogens with zero attached hydrogens (tertiary/aromatic N) is 2. The van der Waals surface area contributed by atoms with E-state index in [1.54, 1.807) is 0 Å². The van der Waals surface area contributed by atoms with E-state index in [1.165, 1.54) is 27.6 Å². The number of H-pyrrole nitrogens is 1. The zero-order valence-electron chi connectivity index (χ0n) is 18.1. The van der Waals surface area contributed by atoms with Crippen LogP contribution in [0, 0.1) is 0 Å². The monoisotopic (exact) mass is 533 g/mol. The van der Waals surface area contributed by atoms with Crippen molar-refractivity contribution in [2.75, 3.05) is 39.9 Å². The number of guanidine groups is 1. The molecule has 0 aliphatic carbocycles. The lowest BCUT2D eigenvalue weighted by molar-refractivity contribution is 0.0342. The molecular weight excluding hydrogens is 501 g/mol. The van der Waals surface area contributed by atoms with Crippen LogP contribution in [0.4, 0.5) is 0 Å². The molecule has 0 bridgehead atoms. The molecule has 1 fully saturated rings. The van der Waals surface area contributed by atoms with E-state index < -0.39 is 0 Å². The summed E-state index contributed by atoms with van der Waals surface area (Å²) in [7, 11) is 1.81. The lowest BCUT2D eigenvalue weighted by Crippen LogP contribution is -2.37. The van der Waals surface area contributed by atoms with Gasteiger partial charge in [-0.05, 0) is 29.2 Å². The van der Waals surface area contributed by atoms with Crippen molar-refractivity contribution in [1.29, 1.82) is 0 Å². The van der Waals surface area contributed by atoms with Gasteiger partial charge in [-0.2, -0.15) is 0 Å². The standard InChI is InChI=1S/C24H31N5O.HI/c1-25-24(26-11-10-21-17-27-23-5-3-2-4-22(21)23)28-16-19-6-8-20(9-7-19)18-29-12-14-30-15-13-29;/h2-9,17,27H,10-16,18H2,1H3,(H2,25,26,28);1H. The van der Waals surface area contributed by atoms with Gasteiger partial charge in [0.1, 0.15) is 0 Å². The van der Waals surface area contributed by atoms with Gasteiger partial charge in [-0.3, -0.25) is 9.89 Å². The topological polar surface area (TPSA) is 64.7 Å². The number of rotatable bonds is 7. The van der Waals surface area contributed by atoms with Gasteiger partial charge in [0.25, 0.3) is 0 Å². The summed E-state index contributed by atoms with van der Waals surface area (Å²) in [4.78, 5) is 10.1. The molecule has 0 unspecified atom stereocenters. The van der Waals surface area contributed by atoms with Crippen molar-refractivity contribution in [1.82, 2.24) is 20.5 Å². The van der Waals surface area contributed by atoms with Gasteiger partial charge in [-0.1, -0.05) is 42.5 Å². The molecule has 7 heteroatoms. The normalized spacial score (nSPS) is 14.9. The molecular formula is C24H32IN5O. The Morgan fingerprint density at radius 1 is 1.03 bits per heavy atom. The van der Waals surface area contributed by atoms with Crippen LogP contribution in [-0.4, -0.2) is 55.7 Å². The predicted molar refractivity (Wildman–Crippen MR) is 138 cm³/mol. The smallest absolute Gasteiger partial charge is 0.191 e. The molecule has 6 nitrogen and oxygen atoms in total. The first-order valence-corrected chi connectivity index (χ1v) is 10.7. The number of aromatic nitrogens is 1. The van der Waals surface area contributed by atoms with E-state index in [2.05, 4.69) is 80.2 Å². The maximum absolute atomic E-state index is 5.42. The summed E-state index contributed by atoms with van der Waals surface area (Å²) < 4.78 is 5.42. The maximum Gasteiger partial charge on any atom is 0.191 e. The molecule has 0 spiro atoms. The highest BCUT2D eigenvalue weighted by atomic mass is 127. The van der Waals surface area contributed by atoms with E-state index in [-0.39, 0.29) is 24.0 Å². The number of hydrogen-bond acceptors (Lipinski definition) is 3. The van der Waals surface area contributed by atoms with E-state index in [9.17, 15) is 0 Å². The SMILES string of the molecule is CN=C(NCCc1c[nH]c2ccccc12)NCc1ccc(CN2CCOCC2)cc1.I. The first-order valence-electron chi connectivity index (χ1n) is 10.7. The molecule has 3 aromatic rings. The highest BCUT2D eigenvalue weighted by Gasteiger charge is 2.10. The van der Waals surface area contributed by atoms with Crippen LogP contribution in [-0.2, 0) is 24.2 Å². The third-order valence-corrected chi connectivity index (χ3v) is 5.58. The van der Waals surface area contributed by atoms with Gasteiger partial charge in [0.2, 0.25) is 0 Å². The minimum Gasteiger partial charge on any atom is -0.379 e. The number of hydrogen-bond donors (Lipinski definition) is 3. The number of aliphatic imine (C=N–C) groups is 1. The van der Waals surface area contributed by atoms with E-state index >= 15 is 0 Å². The van der Waals surface area contributed by atoms with E-state index in [0.29, 0.717) is 0 Å². The Balaban J connectivity index is 0.00000272. The van der Waals surface area contributed by atoms with Crippen molar-refractivity contribution in [3.8, 4) is 0 Å². The van der Waals surface area contributed by atoms with Gasteiger partial charge in [0.15, 0.2) is 5.96 Å². The molecule has 1 aliphatic rings. The Labute approximate surface area is 201 Å². The molecule has 0 saturated carbocycles. The second-order valence-corrected chi connectivity index (χ2v) is 7.67. The quantitative estimate of drug-likeness (QED) is 0.247. The molecule has 31 heavy (non-hydrogen) atoms. The first kappa shape index (κ1) is 23.6. The van der Waals surface area contributed by atoms with Gasteiger partial charge in [-0.15, -0.1) is 24.0 Å². The summed E-state index contributed by atoms with van der Waals surface area (Å²) in [6.07, 6.45) is 3.04. The Bertz CT molecular complexity index is 964. The number of nitrogens with one attached hydrogen (secondary N) is 3. The van der Waals surface area contributed by atoms with Crippen LogP contribution in [0.25, 0.3) is 10.9 Å². The number of para-hydroxylation sites is 1. The molecule has 1 aliphatic heterocycles. The van der Waals surface area contributed by atoms with Crippen LogP contribution in [0.3, 0.4) is 0 Å². The summed E-state index contributed by atoms with van der Waals surface area (Å²) in [6.45, 7) is 6.30. The molecule has 2 aromatic carbocycles. The third-order valence-electron chi connectivity index (χ3n) is 5.58. The van der Waals surface area contributed by atoms with Crippen LogP contribution in [0.2, 0.25) is 0 Å². The summed E-state index contributed by atoms with van der Waals surface area (Å²) in [6, 6.07) is 17.3. The molecule has 1 saturated heterocycles. The molecule has 0 radical (unpaired) electrons. The fourth-order valence-electron chi connectivity index (χ4n) is 3.84. The molecule has 4 rings (SSSR count). The van der Waals surface area contributed by atoms with Gasteiger partial charge >= 0.3 is 0 Å². The summed E-state index contributed by atoms with van der Waals surface area (Å²) >= 11 is 0. The van der Waals surface area contributed by atoms with Crippen LogP contribution in [0.5, 0.6) is 0 Å². The lowest BCUT2D eigenvalue weighted by atomic mass is 10.1. The van der Waals surface area contributed by atoms with Gasteiger partial charge < -0.3 is 20.4 Å². The molecule has 2 heterocycles.